The Balaban J connectivity index is 1.36. The van der Waals surface area contributed by atoms with Crippen LogP contribution in [-0.4, -0.2) is 22.2 Å². The van der Waals surface area contributed by atoms with Crippen LogP contribution in [-0.2, 0) is 9.59 Å². The zero-order valence-corrected chi connectivity index (χ0v) is 17.6. The minimum absolute atomic E-state index is 0.167. The van der Waals surface area contributed by atoms with Gasteiger partial charge in [-0.25, -0.2) is 4.90 Å². The van der Waals surface area contributed by atoms with Gasteiger partial charge in [0.15, 0.2) is 5.11 Å². The molecular weight excluding hydrogens is 414 g/mol. The van der Waals surface area contributed by atoms with Crippen LogP contribution in [0, 0.1) is 0 Å². The van der Waals surface area contributed by atoms with Gasteiger partial charge in [0.1, 0.15) is 0 Å². The average molecular weight is 434 g/mol. The predicted octanol–water partition coefficient (Wildman–Crippen LogP) is 4.92. The summed E-state index contributed by atoms with van der Waals surface area (Å²) in [6, 6.07) is 26.4. The third-order valence-electron chi connectivity index (χ3n) is 4.54. The monoisotopic (exact) mass is 433 g/mol. The number of carbonyl (C=O) groups is 2. The van der Waals surface area contributed by atoms with Crippen molar-refractivity contribution in [2.24, 2.45) is 0 Å². The smallest absolute Gasteiger partial charge is 0.247 e. The van der Waals surface area contributed by atoms with Gasteiger partial charge in [0.2, 0.25) is 11.8 Å². The summed E-state index contributed by atoms with van der Waals surface area (Å²) in [6.07, 6.45) is 0.198. The second-order valence-corrected chi connectivity index (χ2v) is 8.37. The molecule has 1 aliphatic rings. The lowest BCUT2D eigenvalue weighted by Crippen LogP contribution is -2.30. The number of thiocarbonyl (C=S) groups is 1. The van der Waals surface area contributed by atoms with Crippen LogP contribution in [0.3, 0.4) is 0 Å². The Labute approximate surface area is 184 Å². The Morgan fingerprint density at radius 3 is 2.03 bits per heavy atom. The molecule has 4 rings (SSSR count). The van der Waals surface area contributed by atoms with E-state index in [1.165, 1.54) is 16.7 Å². The van der Waals surface area contributed by atoms with Crippen molar-refractivity contribution in [3.63, 3.8) is 0 Å². The fourth-order valence-corrected chi connectivity index (χ4v) is 4.43. The average Bonchev–Trinajstić information content (AvgIpc) is 3.03. The first-order chi connectivity index (χ1) is 14.6. The van der Waals surface area contributed by atoms with Gasteiger partial charge < -0.3 is 10.6 Å². The summed E-state index contributed by atoms with van der Waals surface area (Å²) >= 11 is 6.74. The maximum Gasteiger partial charge on any atom is 0.247 e. The van der Waals surface area contributed by atoms with Crippen molar-refractivity contribution in [1.82, 2.24) is 0 Å². The number of imide groups is 1. The lowest BCUT2D eigenvalue weighted by atomic mass is 10.3. The Hall–Kier alpha value is -3.16. The molecule has 150 valence electrons. The van der Waals surface area contributed by atoms with E-state index in [2.05, 4.69) is 10.6 Å². The quantitative estimate of drug-likeness (QED) is 0.440. The summed E-state index contributed by atoms with van der Waals surface area (Å²) in [5.74, 6) is -0.342. The molecule has 7 heteroatoms. The molecule has 2 amide bonds. The van der Waals surface area contributed by atoms with Gasteiger partial charge in [-0.3, -0.25) is 9.59 Å². The normalized spacial score (nSPS) is 15.9. The molecule has 0 radical (unpaired) electrons. The highest BCUT2D eigenvalue weighted by molar-refractivity contribution is 8.00. The van der Waals surface area contributed by atoms with Crippen LogP contribution in [0.25, 0.3) is 0 Å². The largest absolute Gasteiger partial charge is 0.332 e. The van der Waals surface area contributed by atoms with Gasteiger partial charge in [-0.15, -0.1) is 11.8 Å². The third kappa shape index (κ3) is 4.69. The number of amides is 2. The molecule has 2 N–H and O–H groups in total. The van der Waals surface area contributed by atoms with E-state index in [1.54, 1.807) is 12.1 Å². The van der Waals surface area contributed by atoms with Crippen molar-refractivity contribution in [3.8, 4) is 0 Å². The molecule has 1 fully saturated rings. The summed E-state index contributed by atoms with van der Waals surface area (Å²) < 4.78 is 0. The van der Waals surface area contributed by atoms with Gasteiger partial charge in [-0.1, -0.05) is 36.4 Å². The van der Waals surface area contributed by atoms with Crippen LogP contribution in [0.1, 0.15) is 6.42 Å². The molecule has 0 aliphatic carbocycles. The second-order valence-electron chi connectivity index (χ2n) is 6.68. The number of anilines is 3. The number of hydrogen-bond donors (Lipinski definition) is 2. The van der Waals surface area contributed by atoms with Crippen molar-refractivity contribution in [2.75, 3.05) is 15.5 Å². The molecule has 0 bridgehead atoms. The number of nitrogens with one attached hydrogen (secondary N) is 2. The van der Waals surface area contributed by atoms with Crippen LogP contribution in [0.15, 0.2) is 89.8 Å². The van der Waals surface area contributed by atoms with E-state index in [0.717, 1.165) is 16.3 Å². The van der Waals surface area contributed by atoms with E-state index in [9.17, 15) is 9.59 Å². The molecule has 1 heterocycles. The van der Waals surface area contributed by atoms with E-state index >= 15 is 0 Å². The van der Waals surface area contributed by atoms with Crippen molar-refractivity contribution >= 4 is 58.0 Å². The highest BCUT2D eigenvalue weighted by Crippen LogP contribution is 2.34. The highest BCUT2D eigenvalue weighted by atomic mass is 32.2. The molecule has 0 spiro atoms. The minimum atomic E-state index is -0.419. The summed E-state index contributed by atoms with van der Waals surface area (Å²) in [4.78, 5) is 27.3. The molecule has 0 aromatic heterocycles. The lowest BCUT2D eigenvalue weighted by molar-refractivity contribution is -0.121. The number of hydrogen-bond acceptors (Lipinski definition) is 4. The Morgan fingerprint density at radius 1 is 0.833 bits per heavy atom. The molecule has 1 unspecified atom stereocenters. The zero-order valence-electron chi connectivity index (χ0n) is 15.9. The van der Waals surface area contributed by atoms with Crippen LogP contribution in [0.4, 0.5) is 17.1 Å². The van der Waals surface area contributed by atoms with Gasteiger partial charge in [-0.05, 0) is 60.7 Å². The van der Waals surface area contributed by atoms with Crippen LogP contribution < -0.4 is 15.5 Å². The SMILES string of the molecule is O=C1CC(Sc2ccc(NC(=S)Nc3ccccc3)cc2)C(=O)N1c1ccccc1. The van der Waals surface area contributed by atoms with Crippen LogP contribution in [0.2, 0.25) is 0 Å². The number of rotatable bonds is 5. The number of thioether (sulfide) groups is 1. The fraction of sp³-hybridized carbons (Fsp3) is 0.0870. The number of benzene rings is 3. The summed E-state index contributed by atoms with van der Waals surface area (Å²) in [5, 5.41) is 6.34. The predicted molar refractivity (Wildman–Crippen MR) is 126 cm³/mol. The molecule has 1 atom stereocenters. The van der Waals surface area contributed by atoms with Gasteiger partial charge >= 0.3 is 0 Å². The molecule has 3 aromatic carbocycles. The minimum Gasteiger partial charge on any atom is -0.332 e. The third-order valence-corrected chi connectivity index (χ3v) is 5.94. The van der Waals surface area contributed by atoms with Gasteiger partial charge in [0.25, 0.3) is 0 Å². The molecule has 0 saturated carbocycles. The van der Waals surface area contributed by atoms with E-state index in [1.807, 2.05) is 72.8 Å². The zero-order chi connectivity index (χ0) is 20.9. The molecule has 1 aliphatic heterocycles. The molecule has 3 aromatic rings. The molecule has 30 heavy (non-hydrogen) atoms. The van der Waals surface area contributed by atoms with E-state index in [0.29, 0.717) is 10.8 Å². The molecule has 5 nitrogen and oxygen atoms in total. The van der Waals surface area contributed by atoms with E-state index < -0.39 is 5.25 Å². The maximum absolute atomic E-state index is 12.8. The fourth-order valence-electron chi connectivity index (χ4n) is 3.14. The van der Waals surface area contributed by atoms with Crippen molar-refractivity contribution in [1.29, 1.82) is 0 Å². The maximum atomic E-state index is 12.8. The second kappa shape index (κ2) is 9.11. The van der Waals surface area contributed by atoms with Gasteiger partial charge in [-0.2, -0.15) is 0 Å². The van der Waals surface area contributed by atoms with E-state index in [4.69, 9.17) is 12.2 Å². The first-order valence-corrected chi connectivity index (χ1v) is 10.7. The van der Waals surface area contributed by atoms with Crippen molar-refractivity contribution < 1.29 is 9.59 Å². The van der Waals surface area contributed by atoms with Gasteiger partial charge in [0, 0.05) is 22.7 Å². The van der Waals surface area contributed by atoms with E-state index in [-0.39, 0.29) is 18.2 Å². The number of para-hydroxylation sites is 2. The number of nitrogens with zero attached hydrogens (tertiary/aromatic N) is 1. The van der Waals surface area contributed by atoms with Crippen molar-refractivity contribution in [3.05, 3.63) is 84.9 Å². The topological polar surface area (TPSA) is 61.4 Å². The Morgan fingerprint density at radius 2 is 1.40 bits per heavy atom. The lowest BCUT2D eigenvalue weighted by Gasteiger charge is -2.15. The Kier molecular flexibility index (Phi) is 6.11. The standard InChI is InChI=1S/C23H19N3O2S2/c27-21-15-20(22(28)26(21)18-9-5-2-6-10-18)30-19-13-11-17(12-14-19)25-23(29)24-16-7-3-1-4-8-16/h1-14,20H,15H2,(H2,24,25,29). The summed E-state index contributed by atoms with van der Waals surface area (Å²) in [5.41, 5.74) is 2.37. The first-order valence-electron chi connectivity index (χ1n) is 9.42. The van der Waals surface area contributed by atoms with Gasteiger partial charge in [0.05, 0.1) is 10.9 Å². The number of carbonyl (C=O) groups excluding carboxylic acids is 2. The molecule has 1 saturated heterocycles. The first kappa shape index (κ1) is 20.1. The van der Waals surface area contributed by atoms with Crippen LogP contribution in [0.5, 0.6) is 0 Å². The summed E-state index contributed by atoms with van der Waals surface area (Å²) in [7, 11) is 0. The Bertz CT molecular complexity index is 1060. The van der Waals surface area contributed by atoms with Crippen molar-refractivity contribution in [2.45, 2.75) is 16.6 Å². The summed E-state index contributed by atoms with van der Waals surface area (Å²) in [6.45, 7) is 0. The highest BCUT2D eigenvalue weighted by Gasteiger charge is 2.39. The van der Waals surface area contributed by atoms with Crippen LogP contribution >= 0.6 is 24.0 Å². The molecular formula is C23H19N3O2S2.